The van der Waals surface area contributed by atoms with Crippen molar-refractivity contribution in [2.45, 2.75) is 59.2 Å². The maximum atomic E-state index is 13.0. The largest absolute Gasteiger partial charge is 0.494 e. The number of carbonyl (C=O) groups is 2. The van der Waals surface area contributed by atoms with Crippen LogP contribution in [-0.2, 0) is 16.1 Å². The van der Waals surface area contributed by atoms with Crippen molar-refractivity contribution in [3.05, 3.63) is 65.7 Å². The normalized spacial score (nSPS) is 11.8. The first-order valence-corrected chi connectivity index (χ1v) is 10.2. The van der Waals surface area contributed by atoms with E-state index in [2.05, 4.69) is 5.32 Å². The Morgan fingerprint density at radius 1 is 1.03 bits per heavy atom. The van der Waals surface area contributed by atoms with Crippen LogP contribution in [0.25, 0.3) is 0 Å². The summed E-state index contributed by atoms with van der Waals surface area (Å²) in [7, 11) is 0. The molecule has 29 heavy (non-hydrogen) atoms. The molecule has 0 aliphatic heterocycles. The van der Waals surface area contributed by atoms with E-state index in [1.807, 2.05) is 75.4 Å². The minimum absolute atomic E-state index is 0.0279. The fourth-order valence-corrected chi connectivity index (χ4v) is 3.07. The number of carbonyl (C=O) groups excluding carboxylic acids is 2. The smallest absolute Gasteiger partial charge is 0.242 e. The van der Waals surface area contributed by atoms with Crippen molar-refractivity contribution in [3.63, 3.8) is 0 Å². The van der Waals surface area contributed by atoms with Crippen LogP contribution in [0.1, 0.15) is 44.7 Å². The maximum absolute atomic E-state index is 13.0. The number of amides is 2. The fourth-order valence-electron chi connectivity index (χ4n) is 3.07. The summed E-state index contributed by atoms with van der Waals surface area (Å²) in [4.78, 5) is 27.2. The van der Waals surface area contributed by atoms with Crippen molar-refractivity contribution in [2.24, 2.45) is 0 Å². The molecule has 156 valence electrons. The van der Waals surface area contributed by atoms with E-state index < -0.39 is 6.04 Å². The number of hydrogen-bond acceptors (Lipinski definition) is 3. The number of rotatable bonds is 10. The predicted octanol–water partition coefficient (Wildman–Crippen LogP) is 4.10. The van der Waals surface area contributed by atoms with Gasteiger partial charge in [0.05, 0.1) is 6.61 Å². The molecule has 0 saturated heterocycles. The Bertz CT molecular complexity index is 790. The molecule has 0 aliphatic carbocycles. The molecule has 0 aromatic heterocycles. The van der Waals surface area contributed by atoms with Gasteiger partial charge in [0.25, 0.3) is 0 Å². The third-order valence-electron chi connectivity index (χ3n) is 4.58. The number of para-hydroxylation sites is 1. The highest BCUT2D eigenvalue weighted by atomic mass is 16.5. The van der Waals surface area contributed by atoms with Crippen LogP contribution < -0.4 is 10.1 Å². The lowest BCUT2D eigenvalue weighted by Crippen LogP contribution is -2.49. The zero-order chi connectivity index (χ0) is 21.2. The molecular formula is C24H32N2O3. The zero-order valence-electron chi connectivity index (χ0n) is 17.9. The van der Waals surface area contributed by atoms with E-state index in [0.29, 0.717) is 26.0 Å². The molecule has 5 nitrogen and oxygen atoms in total. The minimum atomic E-state index is -0.541. The summed E-state index contributed by atoms with van der Waals surface area (Å²) >= 11 is 0. The Hall–Kier alpha value is -2.82. The van der Waals surface area contributed by atoms with Crippen LogP contribution in [0.4, 0.5) is 0 Å². The highest BCUT2D eigenvalue weighted by Gasteiger charge is 2.26. The van der Waals surface area contributed by atoms with E-state index >= 15 is 0 Å². The van der Waals surface area contributed by atoms with Crippen LogP contribution in [0.15, 0.2) is 54.6 Å². The van der Waals surface area contributed by atoms with Gasteiger partial charge >= 0.3 is 0 Å². The van der Waals surface area contributed by atoms with Gasteiger partial charge in [-0.1, -0.05) is 48.0 Å². The summed E-state index contributed by atoms with van der Waals surface area (Å²) in [6.45, 7) is 8.50. The summed E-state index contributed by atoms with van der Waals surface area (Å²) in [5, 5.41) is 2.91. The lowest BCUT2D eigenvalue weighted by Gasteiger charge is -2.29. The average Bonchev–Trinajstić information content (AvgIpc) is 2.69. The van der Waals surface area contributed by atoms with Gasteiger partial charge in [-0.25, -0.2) is 0 Å². The molecule has 0 aliphatic rings. The van der Waals surface area contributed by atoms with E-state index in [4.69, 9.17) is 4.74 Å². The Morgan fingerprint density at radius 3 is 2.41 bits per heavy atom. The van der Waals surface area contributed by atoms with Gasteiger partial charge in [-0.05, 0) is 51.8 Å². The molecule has 0 spiro atoms. The summed E-state index contributed by atoms with van der Waals surface area (Å²) < 4.78 is 5.68. The Morgan fingerprint density at radius 2 is 1.76 bits per heavy atom. The predicted molar refractivity (Wildman–Crippen MR) is 116 cm³/mol. The molecule has 1 N–H and O–H groups in total. The van der Waals surface area contributed by atoms with Gasteiger partial charge in [-0.2, -0.15) is 0 Å². The van der Waals surface area contributed by atoms with Gasteiger partial charge < -0.3 is 15.0 Å². The van der Waals surface area contributed by atoms with E-state index in [1.165, 1.54) is 0 Å². The first-order chi connectivity index (χ1) is 13.9. The number of hydrogen-bond donors (Lipinski definition) is 1. The van der Waals surface area contributed by atoms with Crippen molar-refractivity contribution >= 4 is 11.8 Å². The van der Waals surface area contributed by atoms with Crippen LogP contribution >= 0.6 is 0 Å². The highest BCUT2D eigenvalue weighted by Crippen LogP contribution is 2.14. The van der Waals surface area contributed by atoms with Crippen molar-refractivity contribution < 1.29 is 14.3 Å². The maximum Gasteiger partial charge on any atom is 0.242 e. The number of aryl methyl sites for hydroxylation is 1. The number of benzene rings is 2. The molecule has 0 saturated carbocycles. The van der Waals surface area contributed by atoms with E-state index in [9.17, 15) is 9.59 Å². The first-order valence-electron chi connectivity index (χ1n) is 10.2. The fraction of sp³-hybridized carbons (Fsp3) is 0.417. The van der Waals surface area contributed by atoms with Crippen LogP contribution in [0.3, 0.4) is 0 Å². The third kappa shape index (κ3) is 7.60. The Kier molecular flexibility index (Phi) is 8.71. The van der Waals surface area contributed by atoms with Gasteiger partial charge in [-0.15, -0.1) is 0 Å². The SMILES string of the molecule is Cc1cccc(CN(C(=O)CCCOc2ccccc2)[C@@H](C)C(=O)NC(C)C)c1. The van der Waals surface area contributed by atoms with Crippen LogP contribution in [0.5, 0.6) is 5.75 Å². The molecule has 2 rings (SSSR count). The lowest BCUT2D eigenvalue weighted by atomic mass is 10.1. The second-order valence-corrected chi connectivity index (χ2v) is 7.62. The van der Waals surface area contributed by atoms with Crippen LogP contribution in [0, 0.1) is 6.92 Å². The minimum Gasteiger partial charge on any atom is -0.494 e. The van der Waals surface area contributed by atoms with Crippen molar-refractivity contribution in [2.75, 3.05) is 6.61 Å². The summed E-state index contributed by atoms with van der Waals surface area (Å²) in [5.74, 6) is 0.609. The quantitative estimate of drug-likeness (QED) is 0.615. The molecule has 2 amide bonds. The van der Waals surface area contributed by atoms with Crippen LogP contribution in [-0.4, -0.2) is 35.4 Å². The van der Waals surface area contributed by atoms with E-state index in [1.54, 1.807) is 11.8 Å². The Balaban J connectivity index is 2.00. The topological polar surface area (TPSA) is 58.6 Å². The third-order valence-corrected chi connectivity index (χ3v) is 4.58. The molecule has 2 aromatic rings. The van der Waals surface area contributed by atoms with Crippen molar-refractivity contribution in [1.82, 2.24) is 10.2 Å². The number of nitrogens with one attached hydrogen (secondary N) is 1. The van der Waals surface area contributed by atoms with E-state index in [-0.39, 0.29) is 17.9 Å². The molecular weight excluding hydrogens is 364 g/mol. The Labute approximate surface area is 174 Å². The molecule has 0 fully saturated rings. The molecule has 1 atom stereocenters. The molecule has 5 heteroatoms. The summed E-state index contributed by atoms with van der Waals surface area (Å²) in [6, 6.07) is 17.1. The monoisotopic (exact) mass is 396 g/mol. The average molecular weight is 397 g/mol. The van der Waals surface area contributed by atoms with E-state index in [0.717, 1.165) is 16.9 Å². The van der Waals surface area contributed by atoms with Gasteiger partial charge in [0.1, 0.15) is 11.8 Å². The number of ether oxygens (including phenoxy) is 1. The molecule has 0 bridgehead atoms. The lowest BCUT2D eigenvalue weighted by molar-refractivity contribution is -0.141. The van der Waals surface area contributed by atoms with Gasteiger partial charge in [0.2, 0.25) is 11.8 Å². The van der Waals surface area contributed by atoms with Gasteiger partial charge in [-0.3, -0.25) is 9.59 Å². The standard InChI is InChI=1S/C24H32N2O3/c1-18(2)25-24(28)20(4)26(17-21-11-8-10-19(3)16-21)23(27)14-9-15-29-22-12-6-5-7-13-22/h5-8,10-13,16,18,20H,9,14-15,17H2,1-4H3,(H,25,28)/t20-/m0/s1. The molecule has 2 aromatic carbocycles. The molecule has 0 radical (unpaired) electrons. The number of nitrogens with zero attached hydrogens (tertiary/aromatic N) is 1. The van der Waals surface area contributed by atoms with Gasteiger partial charge in [0, 0.05) is 19.0 Å². The summed E-state index contributed by atoms with van der Waals surface area (Å²) in [6.07, 6.45) is 0.925. The van der Waals surface area contributed by atoms with Crippen LogP contribution in [0.2, 0.25) is 0 Å². The van der Waals surface area contributed by atoms with Crippen molar-refractivity contribution in [1.29, 1.82) is 0 Å². The molecule has 0 heterocycles. The first kappa shape index (κ1) is 22.5. The summed E-state index contributed by atoms with van der Waals surface area (Å²) in [5.41, 5.74) is 2.15. The second-order valence-electron chi connectivity index (χ2n) is 7.62. The zero-order valence-corrected chi connectivity index (χ0v) is 17.9. The highest BCUT2D eigenvalue weighted by molar-refractivity contribution is 5.87. The van der Waals surface area contributed by atoms with Crippen molar-refractivity contribution in [3.8, 4) is 5.75 Å². The second kappa shape index (κ2) is 11.2. The molecule has 0 unspecified atom stereocenters. The van der Waals surface area contributed by atoms with Gasteiger partial charge in [0.15, 0.2) is 0 Å².